The highest BCUT2D eigenvalue weighted by Gasteiger charge is 2.16. The molecule has 104 valence electrons. The van der Waals surface area contributed by atoms with Gasteiger partial charge in [0.1, 0.15) is 6.04 Å². The topological polar surface area (TPSA) is 78.4 Å². The maximum atomic E-state index is 11.7. The highest BCUT2D eigenvalue weighted by Crippen LogP contribution is 2.11. The van der Waals surface area contributed by atoms with Gasteiger partial charge in [-0.15, -0.1) is 0 Å². The van der Waals surface area contributed by atoms with E-state index in [4.69, 9.17) is 0 Å². The van der Waals surface area contributed by atoms with Crippen LogP contribution in [0.3, 0.4) is 0 Å². The number of nitrogens with one attached hydrogen (secondary N) is 2. The van der Waals surface area contributed by atoms with E-state index in [-0.39, 0.29) is 18.6 Å². The highest BCUT2D eigenvalue weighted by molar-refractivity contribution is 9.10. The van der Waals surface area contributed by atoms with Gasteiger partial charge < -0.3 is 15.7 Å². The number of hydrogen-bond acceptors (Lipinski definition) is 3. The summed E-state index contributed by atoms with van der Waals surface area (Å²) in [7, 11) is 0. The van der Waals surface area contributed by atoms with E-state index in [2.05, 4.69) is 26.6 Å². The lowest BCUT2D eigenvalue weighted by Gasteiger charge is -2.19. The number of aliphatic hydroxyl groups excluding tert-OH is 1. The first-order chi connectivity index (χ1) is 9.06. The lowest BCUT2D eigenvalue weighted by atomic mass is 10.1. The Morgan fingerprint density at radius 2 is 2.05 bits per heavy atom. The van der Waals surface area contributed by atoms with Crippen molar-refractivity contribution in [3.05, 3.63) is 34.3 Å². The van der Waals surface area contributed by atoms with E-state index in [1.807, 2.05) is 24.3 Å². The minimum absolute atomic E-state index is 0.157. The minimum atomic E-state index is -0.614. The Kier molecular flexibility index (Phi) is 6.52. The number of halogens is 1. The Hall–Kier alpha value is -1.40. The van der Waals surface area contributed by atoms with E-state index < -0.39 is 6.04 Å². The van der Waals surface area contributed by atoms with Crippen LogP contribution in [0.5, 0.6) is 0 Å². The smallest absolute Gasteiger partial charge is 0.242 e. The van der Waals surface area contributed by atoms with Gasteiger partial charge in [0.15, 0.2) is 0 Å². The third-order valence-electron chi connectivity index (χ3n) is 2.67. The Balaban J connectivity index is 2.56. The van der Waals surface area contributed by atoms with Gasteiger partial charge in [-0.3, -0.25) is 9.59 Å². The number of carbonyl (C=O) groups is 2. The van der Waals surface area contributed by atoms with Crippen LogP contribution in [0.2, 0.25) is 0 Å². The van der Waals surface area contributed by atoms with Crippen LogP contribution in [0.1, 0.15) is 12.5 Å². The maximum Gasteiger partial charge on any atom is 0.242 e. The summed E-state index contributed by atoms with van der Waals surface area (Å²) in [5.41, 5.74) is 1.01. The summed E-state index contributed by atoms with van der Waals surface area (Å²) in [4.78, 5) is 21.9. The van der Waals surface area contributed by atoms with Crippen LogP contribution in [0.4, 0.5) is 0 Å². The predicted molar refractivity (Wildman–Crippen MR) is 75.5 cm³/mol. The van der Waals surface area contributed by atoms with Gasteiger partial charge in [0.25, 0.3) is 0 Å². The van der Waals surface area contributed by atoms with Gasteiger partial charge in [-0.2, -0.15) is 0 Å². The van der Waals surface area contributed by atoms with Gasteiger partial charge >= 0.3 is 0 Å². The average molecular weight is 329 g/mol. The molecule has 0 spiro atoms. The second-order valence-corrected chi connectivity index (χ2v) is 5.14. The summed E-state index contributed by atoms with van der Waals surface area (Å²) < 4.78 is 0.977. The molecule has 5 nitrogen and oxygen atoms in total. The molecule has 2 amide bonds. The fraction of sp³-hybridized carbons (Fsp3) is 0.385. The lowest BCUT2D eigenvalue weighted by molar-refractivity contribution is -0.125. The van der Waals surface area contributed by atoms with Crippen LogP contribution in [0.25, 0.3) is 0 Å². The standard InChI is InChI=1S/C13H17BrN2O3/c1-9(15-8-18)13(19)16-12(7-17)6-10-2-4-11(14)5-3-10/h2-5,8-9,12,17H,6-7H2,1H3,(H,15,18)(H,16,19)/t9-,12+/m1/s1. The number of aliphatic hydroxyl groups is 1. The molecule has 6 heteroatoms. The molecule has 1 aromatic rings. The third kappa shape index (κ3) is 5.40. The molecule has 3 N–H and O–H groups in total. The summed E-state index contributed by atoms with van der Waals surface area (Å²) in [6.07, 6.45) is 1.01. The quantitative estimate of drug-likeness (QED) is 0.641. The van der Waals surface area contributed by atoms with Crippen LogP contribution in [0, 0.1) is 0 Å². The van der Waals surface area contributed by atoms with Crippen molar-refractivity contribution in [3.8, 4) is 0 Å². The van der Waals surface area contributed by atoms with Gasteiger partial charge in [-0.05, 0) is 31.0 Å². The molecule has 19 heavy (non-hydrogen) atoms. The van der Waals surface area contributed by atoms with Crippen molar-refractivity contribution >= 4 is 28.2 Å². The molecule has 0 fully saturated rings. The van der Waals surface area contributed by atoms with Crippen LogP contribution in [-0.4, -0.2) is 36.1 Å². The lowest BCUT2D eigenvalue weighted by Crippen LogP contribution is -2.47. The molecule has 0 heterocycles. The van der Waals surface area contributed by atoms with Crippen LogP contribution in [-0.2, 0) is 16.0 Å². The van der Waals surface area contributed by atoms with Gasteiger partial charge in [0.05, 0.1) is 12.6 Å². The second kappa shape index (κ2) is 7.91. The molecule has 1 rings (SSSR count). The molecule has 0 saturated carbocycles. The molecule has 1 aromatic carbocycles. The molecule has 0 aliphatic heterocycles. The largest absolute Gasteiger partial charge is 0.394 e. The number of benzene rings is 1. The van der Waals surface area contributed by atoms with Crippen molar-refractivity contribution in [1.82, 2.24) is 10.6 Å². The first kappa shape index (κ1) is 15.7. The Bertz CT molecular complexity index is 422. The van der Waals surface area contributed by atoms with Crippen molar-refractivity contribution in [2.45, 2.75) is 25.4 Å². The molecule has 0 aliphatic carbocycles. The van der Waals surface area contributed by atoms with E-state index in [0.29, 0.717) is 12.8 Å². The molecule has 0 bridgehead atoms. The highest BCUT2D eigenvalue weighted by atomic mass is 79.9. The van der Waals surface area contributed by atoms with Crippen molar-refractivity contribution in [2.24, 2.45) is 0 Å². The summed E-state index contributed by atoms with van der Waals surface area (Å²) in [6.45, 7) is 1.42. The molecule has 0 aromatic heterocycles. The number of carbonyl (C=O) groups excluding carboxylic acids is 2. The zero-order valence-corrected chi connectivity index (χ0v) is 12.2. The molecule has 2 atom stereocenters. The fourth-order valence-electron chi connectivity index (χ4n) is 1.57. The van der Waals surface area contributed by atoms with E-state index in [0.717, 1.165) is 10.0 Å². The molecule has 0 aliphatic rings. The minimum Gasteiger partial charge on any atom is -0.394 e. The van der Waals surface area contributed by atoms with Gasteiger partial charge in [0, 0.05) is 4.47 Å². The Morgan fingerprint density at radius 1 is 1.42 bits per heavy atom. The molecule has 0 radical (unpaired) electrons. The summed E-state index contributed by atoms with van der Waals surface area (Å²) in [5, 5.41) is 14.3. The van der Waals surface area contributed by atoms with Crippen molar-refractivity contribution in [1.29, 1.82) is 0 Å². The summed E-state index contributed by atoms with van der Waals surface area (Å²) in [5.74, 6) is -0.316. The van der Waals surface area contributed by atoms with Crippen LogP contribution >= 0.6 is 15.9 Å². The van der Waals surface area contributed by atoms with E-state index in [1.54, 1.807) is 6.92 Å². The van der Waals surface area contributed by atoms with Crippen molar-refractivity contribution in [2.75, 3.05) is 6.61 Å². The fourth-order valence-corrected chi connectivity index (χ4v) is 1.83. The third-order valence-corrected chi connectivity index (χ3v) is 3.20. The van der Waals surface area contributed by atoms with Gasteiger partial charge in [0.2, 0.25) is 12.3 Å². The van der Waals surface area contributed by atoms with Crippen molar-refractivity contribution < 1.29 is 14.7 Å². The maximum absolute atomic E-state index is 11.7. The van der Waals surface area contributed by atoms with Crippen LogP contribution in [0.15, 0.2) is 28.7 Å². The molecular formula is C13H17BrN2O3. The first-order valence-corrected chi connectivity index (χ1v) is 6.71. The summed E-state index contributed by atoms with van der Waals surface area (Å²) in [6, 6.07) is 6.67. The molecular weight excluding hydrogens is 312 g/mol. The second-order valence-electron chi connectivity index (χ2n) is 4.22. The molecule has 0 unspecified atom stereocenters. The van der Waals surface area contributed by atoms with Gasteiger partial charge in [-0.1, -0.05) is 28.1 Å². The van der Waals surface area contributed by atoms with E-state index in [1.165, 1.54) is 0 Å². The molecule has 0 saturated heterocycles. The van der Waals surface area contributed by atoms with Crippen LogP contribution < -0.4 is 10.6 Å². The summed E-state index contributed by atoms with van der Waals surface area (Å²) >= 11 is 3.34. The van der Waals surface area contributed by atoms with Crippen molar-refractivity contribution in [3.63, 3.8) is 0 Å². The average Bonchev–Trinajstić information content (AvgIpc) is 2.40. The number of rotatable bonds is 7. The zero-order valence-electron chi connectivity index (χ0n) is 10.6. The number of hydrogen-bond donors (Lipinski definition) is 3. The van der Waals surface area contributed by atoms with E-state index in [9.17, 15) is 14.7 Å². The monoisotopic (exact) mass is 328 g/mol. The normalized spacial score (nSPS) is 13.4. The first-order valence-electron chi connectivity index (χ1n) is 5.92. The van der Waals surface area contributed by atoms with Gasteiger partial charge in [-0.25, -0.2) is 0 Å². The SMILES string of the molecule is C[C@@H](NC=O)C(=O)N[C@H](CO)Cc1ccc(Br)cc1. The van der Waals surface area contributed by atoms with E-state index >= 15 is 0 Å². The predicted octanol–water partition coefficient (Wildman–Crippen LogP) is 0.603. The Morgan fingerprint density at radius 3 is 2.58 bits per heavy atom. The Labute approximate surface area is 120 Å². The number of amides is 2. The zero-order chi connectivity index (χ0) is 14.3.